The van der Waals surface area contributed by atoms with E-state index in [1.54, 1.807) is 24.5 Å². The Hall–Kier alpha value is -2.56. The number of phenols is 1. The van der Waals surface area contributed by atoms with Crippen LogP contribution in [-0.4, -0.2) is 34.0 Å². The third-order valence-corrected chi connectivity index (χ3v) is 3.97. The number of aromatic nitrogens is 1. The van der Waals surface area contributed by atoms with Crippen LogP contribution in [0, 0.1) is 6.92 Å². The Kier molecular flexibility index (Phi) is 4.19. The molecule has 1 aliphatic rings. The van der Waals surface area contributed by atoms with Gasteiger partial charge >= 0.3 is 0 Å². The quantitative estimate of drug-likeness (QED) is 0.922. The summed E-state index contributed by atoms with van der Waals surface area (Å²) in [5, 5.41) is 9.69. The summed E-state index contributed by atoms with van der Waals surface area (Å²) in [4.78, 5) is 18.8. The standard InChI is InChI=1S/C18H20N2O3/c1-12-7-14(10-19-9-12)18(22)20(15-4-5-15)11-13-3-6-16(21)17(8-13)23-2/h3,6-10,15,21H,4-5,11H2,1-2H3. The van der Waals surface area contributed by atoms with Crippen molar-refractivity contribution in [1.29, 1.82) is 0 Å². The third-order valence-electron chi connectivity index (χ3n) is 3.97. The minimum absolute atomic E-state index is 0.00394. The number of carbonyl (C=O) groups excluding carboxylic acids is 1. The van der Waals surface area contributed by atoms with Crippen molar-refractivity contribution in [3.63, 3.8) is 0 Å². The number of aromatic hydroxyl groups is 1. The zero-order valence-corrected chi connectivity index (χ0v) is 13.3. The molecule has 1 fully saturated rings. The van der Waals surface area contributed by atoms with Gasteiger partial charge in [-0.15, -0.1) is 0 Å². The molecule has 120 valence electrons. The number of ether oxygens (including phenoxy) is 1. The number of phenolic OH excluding ortho intramolecular Hbond substituents is 1. The second-order valence-corrected chi connectivity index (χ2v) is 5.92. The van der Waals surface area contributed by atoms with Gasteiger partial charge in [-0.05, 0) is 49.1 Å². The Bertz CT molecular complexity index is 726. The van der Waals surface area contributed by atoms with Gasteiger partial charge in [0.25, 0.3) is 5.91 Å². The highest BCUT2D eigenvalue weighted by atomic mass is 16.5. The zero-order chi connectivity index (χ0) is 16.4. The van der Waals surface area contributed by atoms with E-state index in [9.17, 15) is 9.90 Å². The van der Waals surface area contributed by atoms with Gasteiger partial charge < -0.3 is 14.7 Å². The number of benzene rings is 1. The van der Waals surface area contributed by atoms with Gasteiger partial charge in [-0.25, -0.2) is 0 Å². The van der Waals surface area contributed by atoms with Gasteiger partial charge in [0.15, 0.2) is 11.5 Å². The predicted molar refractivity (Wildman–Crippen MR) is 86.5 cm³/mol. The molecule has 2 aromatic rings. The van der Waals surface area contributed by atoms with Gasteiger partial charge in [-0.3, -0.25) is 9.78 Å². The molecule has 1 heterocycles. The van der Waals surface area contributed by atoms with Crippen LogP contribution in [0.2, 0.25) is 0 Å². The lowest BCUT2D eigenvalue weighted by atomic mass is 10.1. The molecule has 1 aromatic carbocycles. The van der Waals surface area contributed by atoms with Crippen LogP contribution in [0.3, 0.4) is 0 Å². The summed E-state index contributed by atoms with van der Waals surface area (Å²) in [6.07, 6.45) is 5.41. The Balaban J connectivity index is 1.84. The molecule has 0 bridgehead atoms. The first-order chi connectivity index (χ1) is 11.1. The Morgan fingerprint density at radius 1 is 1.35 bits per heavy atom. The van der Waals surface area contributed by atoms with Crippen LogP contribution in [0.15, 0.2) is 36.7 Å². The van der Waals surface area contributed by atoms with Crippen molar-refractivity contribution >= 4 is 5.91 Å². The summed E-state index contributed by atoms with van der Waals surface area (Å²) < 4.78 is 5.14. The van der Waals surface area contributed by atoms with E-state index >= 15 is 0 Å². The highest BCUT2D eigenvalue weighted by molar-refractivity contribution is 5.94. The fourth-order valence-corrected chi connectivity index (χ4v) is 2.61. The van der Waals surface area contributed by atoms with E-state index in [0.29, 0.717) is 17.9 Å². The molecule has 5 heteroatoms. The number of methoxy groups -OCH3 is 1. The molecule has 0 saturated heterocycles. The molecule has 1 aromatic heterocycles. The van der Waals surface area contributed by atoms with Crippen LogP contribution >= 0.6 is 0 Å². The number of carbonyl (C=O) groups is 1. The Labute approximate surface area is 135 Å². The largest absolute Gasteiger partial charge is 0.504 e. The molecule has 1 saturated carbocycles. The predicted octanol–water partition coefficient (Wildman–Crippen LogP) is 2.91. The lowest BCUT2D eigenvalue weighted by Gasteiger charge is -2.23. The van der Waals surface area contributed by atoms with Crippen molar-refractivity contribution in [1.82, 2.24) is 9.88 Å². The smallest absolute Gasteiger partial charge is 0.255 e. The van der Waals surface area contributed by atoms with Crippen LogP contribution in [0.1, 0.15) is 34.3 Å². The number of amides is 1. The molecule has 23 heavy (non-hydrogen) atoms. The summed E-state index contributed by atoms with van der Waals surface area (Å²) in [5.74, 6) is 0.516. The first-order valence-corrected chi connectivity index (χ1v) is 7.67. The molecule has 5 nitrogen and oxygen atoms in total. The van der Waals surface area contributed by atoms with E-state index in [-0.39, 0.29) is 17.7 Å². The topological polar surface area (TPSA) is 62.7 Å². The van der Waals surface area contributed by atoms with E-state index in [4.69, 9.17) is 4.74 Å². The van der Waals surface area contributed by atoms with Gasteiger partial charge in [0.05, 0.1) is 12.7 Å². The fraction of sp³-hybridized carbons (Fsp3) is 0.333. The number of pyridine rings is 1. The molecule has 1 amide bonds. The minimum Gasteiger partial charge on any atom is -0.504 e. The SMILES string of the molecule is COc1cc(CN(C(=O)c2cncc(C)c2)C2CC2)ccc1O. The molecule has 0 atom stereocenters. The van der Waals surface area contributed by atoms with Crippen LogP contribution in [0.5, 0.6) is 11.5 Å². The maximum absolute atomic E-state index is 12.8. The van der Waals surface area contributed by atoms with Crippen LogP contribution in [0.25, 0.3) is 0 Å². The lowest BCUT2D eigenvalue weighted by molar-refractivity contribution is 0.0729. The second-order valence-electron chi connectivity index (χ2n) is 5.92. The first kappa shape index (κ1) is 15.3. The van der Waals surface area contributed by atoms with Crippen LogP contribution in [0.4, 0.5) is 0 Å². The summed E-state index contributed by atoms with van der Waals surface area (Å²) in [6.45, 7) is 2.42. The molecule has 0 unspecified atom stereocenters. The van der Waals surface area contributed by atoms with Crippen molar-refractivity contribution in [2.45, 2.75) is 32.4 Å². The second kappa shape index (κ2) is 6.28. The van der Waals surface area contributed by atoms with Crippen molar-refractivity contribution in [3.8, 4) is 11.5 Å². The summed E-state index contributed by atoms with van der Waals surface area (Å²) in [6, 6.07) is 7.32. The Morgan fingerprint density at radius 3 is 2.78 bits per heavy atom. The average molecular weight is 312 g/mol. The third kappa shape index (κ3) is 3.44. The number of hydrogen-bond donors (Lipinski definition) is 1. The fourth-order valence-electron chi connectivity index (χ4n) is 2.61. The molecule has 1 aliphatic carbocycles. The highest BCUT2D eigenvalue weighted by Crippen LogP contribution is 2.32. The Morgan fingerprint density at radius 2 is 2.13 bits per heavy atom. The monoisotopic (exact) mass is 312 g/mol. The average Bonchev–Trinajstić information content (AvgIpc) is 3.38. The summed E-state index contributed by atoms with van der Waals surface area (Å²) >= 11 is 0. The molecule has 3 rings (SSSR count). The van der Waals surface area contributed by atoms with Crippen LogP contribution in [-0.2, 0) is 6.54 Å². The van der Waals surface area contributed by atoms with E-state index in [2.05, 4.69) is 4.98 Å². The minimum atomic E-state index is -0.00394. The number of rotatable bonds is 5. The first-order valence-electron chi connectivity index (χ1n) is 7.67. The molecule has 0 spiro atoms. The number of aryl methyl sites for hydroxylation is 1. The van der Waals surface area contributed by atoms with Crippen molar-refractivity contribution in [3.05, 3.63) is 53.3 Å². The number of nitrogens with zero attached hydrogens (tertiary/aromatic N) is 2. The molecule has 0 aliphatic heterocycles. The van der Waals surface area contributed by atoms with E-state index in [1.165, 1.54) is 7.11 Å². The maximum Gasteiger partial charge on any atom is 0.255 e. The zero-order valence-electron chi connectivity index (χ0n) is 13.3. The van der Waals surface area contributed by atoms with E-state index in [1.807, 2.05) is 24.0 Å². The van der Waals surface area contributed by atoms with Crippen molar-refractivity contribution < 1.29 is 14.6 Å². The lowest BCUT2D eigenvalue weighted by Crippen LogP contribution is -2.32. The van der Waals surface area contributed by atoms with Gasteiger partial charge in [-0.1, -0.05) is 6.07 Å². The van der Waals surface area contributed by atoms with Crippen LogP contribution < -0.4 is 4.74 Å². The van der Waals surface area contributed by atoms with Gasteiger partial charge in [0.2, 0.25) is 0 Å². The van der Waals surface area contributed by atoms with Crippen molar-refractivity contribution in [2.75, 3.05) is 7.11 Å². The maximum atomic E-state index is 12.8. The summed E-state index contributed by atoms with van der Waals surface area (Å²) in [5.41, 5.74) is 2.51. The summed E-state index contributed by atoms with van der Waals surface area (Å²) in [7, 11) is 1.51. The van der Waals surface area contributed by atoms with E-state index < -0.39 is 0 Å². The normalized spacial score (nSPS) is 13.7. The van der Waals surface area contributed by atoms with Crippen molar-refractivity contribution in [2.24, 2.45) is 0 Å². The number of hydrogen-bond acceptors (Lipinski definition) is 4. The van der Waals surface area contributed by atoms with E-state index in [0.717, 1.165) is 24.0 Å². The van der Waals surface area contributed by atoms with Gasteiger partial charge in [-0.2, -0.15) is 0 Å². The molecular weight excluding hydrogens is 292 g/mol. The highest BCUT2D eigenvalue weighted by Gasteiger charge is 2.33. The molecular formula is C18H20N2O3. The molecule has 0 radical (unpaired) electrons. The van der Waals surface area contributed by atoms with Gasteiger partial charge in [0, 0.05) is 25.0 Å². The molecule has 1 N–H and O–H groups in total. The van der Waals surface area contributed by atoms with Gasteiger partial charge in [0.1, 0.15) is 0 Å².